The lowest BCUT2D eigenvalue weighted by molar-refractivity contribution is -0.356. The largest absolute Gasteiger partial charge is 0.459 e. The predicted octanol–water partition coefficient (Wildman–Crippen LogP) is 3.26. The highest BCUT2D eigenvalue weighted by molar-refractivity contribution is 9.10. The van der Waals surface area contributed by atoms with Crippen molar-refractivity contribution >= 4 is 15.9 Å². The summed E-state index contributed by atoms with van der Waals surface area (Å²) in [5.74, 6) is -11.3. The second-order valence-electron chi connectivity index (χ2n) is 3.30. The summed E-state index contributed by atoms with van der Waals surface area (Å²) in [4.78, 5) is 3.44. The van der Waals surface area contributed by atoms with Gasteiger partial charge in [0.2, 0.25) is 4.73 Å². The van der Waals surface area contributed by atoms with Gasteiger partial charge < -0.3 is 0 Å². The summed E-state index contributed by atoms with van der Waals surface area (Å²) in [6.45, 7) is -0.822. The quantitative estimate of drug-likeness (QED) is 0.785. The molecule has 1 rings (SSSR count). The minimum absolute atomic E-state index is 0.00778. The lowest BCUT2D eigenvalue weighted by atomic mass is 10.1. The Balaban J connectivity index is 2.76. The Labute approximate surface area is 104 Å². The Hall–Kier alpha value is -0.870. The average Bonchev–Trinajstić information content (AvgIpc) is 2.59. The van der Waals surface area contributed by atoms with Gasteiger partial charge in [-0.3, -0.25) is 4.68 Å². The maximum absolute atomic E-state index is 12.8. The van der Waals surface area contributed by atoms with Crippen molar-refractivity contribution in [1.82, 2.24) is 14.8 Å². The van der Waals surface area contributed by atoms with Crippen LogP contribution in [0.1, 0.15) is 6.42 Å². The van der Waals surface area contributed by atoms with Crippen molar-refractivity contribution in [2.45, 2.75) is 31.0 Å². The first kappa shape index (κ1) is 15.2. The standard InChI is InChI=1S/C7H5BrF7N3/c8-4-16-3-18(17-4)2-1-5(9,10)6(11,12)7(13,14)15/h3H,1-2H2. The van der Waals surface area contributed by atoms with Crippen molar-refractivity contribution in [3.63, 3.8) is 0 Å². The topological polar surface area (TPSA) is 30.7 Å². The first-order chi connectivity index (χ1) is 7.97. The molecule has 0 aliphatic heterocycles. The Morgan fingerprint density at radius 3 is 2.06 bits per heavy atom. The zero-order valence-electron chi connectivity index (χ0n) is 8.36. The van der Waals surface area contributed by atoms with Crippen LogP contribution in [0.2, 0.25) is 0 Å². The Kier molecular flexibility index (Phi) is 3.94. The van der Waals surface area contributed by atoms with Crippen molar-refractivity contribution in [2.75, 3.05) is 0 Å². The van der Waals surface area contributed by atoms with Gasteiger partial charge in [-0.25, -0.2) is 4.98 Å². The Morgan fingerprint density at radius 2 is 1.67 bits per heavy atom. The second-order valence-corrected chi connectivity index (χ2v) is 4.01. The highest BCUT2D eigenvalue weighted by Gasteiger charge is 2.72. The number of alkyl halides is 7. The first-order valence-electron chi connectivity index (χ1n) is 4.35. The fourth-order valence-electron chi connectivity index (χ4n) is 0.999. The predicted molar refractivity (Wildman–Crippen MR) is 48.3 cm³/mol. The van der Waals surface area contributed by atoms with E-state index in [0.717, 1.165) is 11.0 Å². The van der Waals surface area contributed by atoms with Gasteiger partial charge in [-0.05, 0) is 15.9 Å². The van der Waals surface area contributed by atoms with E-state index in [9.17, 15) is 30.7 Å². The van der Waals surface area contributed by atoms with Crippen LogP contribution in [-0.4, -0.2) is 32.8 Å². The van der Waals surface area contributed by atoms with Gasteiger partial charge >= 0.3 is 18.0 Å². The van der Waals surface area contributed by atoms with Gasteiger partial charge in [0.15, 0.2) is 0 Å². The molecule has 0 saturated carbocycles. The van der Waals surface area contributed by atoms with Gasteiger partial charge in [0.25, 0.3) is 0 Å². The van der Waals surface area contributed by atoms with E-state index in [1.807, 2.05) is 0 Å². The molecule has 0 atom stereocenters. The van der Waals surface area contributed by atoms with E-state index in [2.05, 4.69) is 26.0 Å². The van der Waals surface area contributed by atoms with Crippen LogP contribution >= 0.6 is 15.9 Å². The molecule has 1 aromatic rings. The minimum Gasteiger partial charge on any atom is -0.252 e. The van der Waals surface area contributed by atoms with Gasteiger partial charge in [-0.2, -0.15) is 30.7 Å². The smallest absolute Gasteiger partial charge is 0.252 e. The zero-order valence-corrected chi connectivity index (χ0v) is 9.94. The highest BCUT2D eigenvalue weighted by Crippen LogP contribution is 2.48. The van der Waals surface area contributed by atoms with Crippen molar-refractivity contribution < 1.29 is 30.7 Å². The molecular weight excluding hydrogens is 339 g/mol. The van der Waals surface area contributed by atoms with E-state index in [0.29, 0.717) is 0 Å². The number of rotatable bonds is 4. The summed E-state index contributed by atoms with van der Waals surface area (Å²) in [7, 11) is 0. The maximum Gasteiger partial charge on any atom is 0.459 e. The number of aryl methyl sites for hydroxylation is 1. The van der Waals surface area contributed by atoms with Crippen molar-refractivity contribution in [3.05, 3.63) is 11.1 Å². The van der Waals surface area contributed by atoms with Gasteiger partial charge in [-0.1, -0.05) is 0 Å². The molecule has 0 aromatic carbocycles. The lowest BCUT2D eigenvalue weighted by Crippen LogP contribution is -2.52. The molecule has 11 heteroatoms. The van der Waals surface area contributed by atoms with Crippen LogP contribution in [0, 0.1) is 0 Å². The SMILES string of the molecule is FC(F)(F)C(F)(F)C(F)(F)CCn1cnc(Br)n1. The average molecular weight is 344 g/mol. The molecule has 0 radical (unpaired) electrons. The second kappa shape index (κ2) is 4.67. The highest BCUT2D eigenvalue weighted by atomic mass is 79.9. The van der Waals surface area contributed by atoms with E-state index in [1.54, 1.807) is 0 Å². The Bertz CT molecular complexity index is 413. The van der Waals surface area contributed by atoms with Crippen molar-refractivity contribution in [2.24, 2.45) is 0 Å². The molecule has 0 saturated heterocycles. The summed E-state index contributed by atoms with van der Waals surface area (Å²) in [5, 5.41) is 3.42. The summed E-state index contributed by atoms with van der Waals surface area (Å²) in [6.07, 6.45) is -7.10. The maximum atomic E-state index is 12.8. The monoisotopic (exact) mass is 343 g/mol. The number of aromatic nitrogens is 3. The number of hydrogen-bond acceptors (Lipinski definition) is 2. The van der Waals surface area contributed by atoms with E-state index < -0.39 is 31.0 Å². The van der Waals surface area contributed by atoms with Gasteiger partial charge in [0.05, 0.1) is 0 Å². The van der Waals surface area contributed by atoms with Crippen LogP contribution in [0.4, 0.5) is 30.7 Å². The molecule has 18 heavy (non-hydrogen) atoms. The van der Waals surface area contributed by atoms with Crippen LogP contribution in [0.15, 0.2) is 11.1 Å². The summed E-state index contributed by atoms with van der Waals surface area (Å²) in [5.41, 5.74) is 0. The summed E-state index contributed by atoms with van der Waals surface area (Å²) >= 11 is 2.77. The molecule has 0 bridgehead atoms. The first-order valence-corrected chi connectivity index (χ1v) is 5.14. The molecule has 0 aliphatic rings. The van der Waals surface area contributed by atoms with Crippen LogP contribution in [0.25, 0.3) is 0 Å². The third-order valence-corrected chi connectivity index (χ3v) is 2.34. The third-order valence-electron chi connectivity index (χ3n) is 1.98. The molecule has 0 fully saturated rings. The van der Waals surface area contributed by atoms with Crippen LogP contribution < -0.4 is 0 Å². The normalized spacial score (nSPS) is 14.0. The minimum atomic E-state index is -6.31. The van der Waals surface area contributed by atoms with E-state index >= 15 is 0 Å². The molecule has 104 valence electrons. The number of hydrogen-bond donors (Lipinski definition) is 0. The van der Waals surface area contributed by atoms with E-state index in [4.69, 9.17) is 0 Å². The molecule has 0 amide bonds. The van der Waals surface area contributed by atoms with Gasteiger partial charge in [0.1, 0.15) is 6.33 Å². The lowest BCUT2D eigenvalue weighted by Gasteiger charge is -2.27. The molecule has 0 spiro atoms. The molecule has 3 nitrogen and oxygen atoms in total. The van der Waals surface area contributed by atoms with Gasteiger partial charge in [0, 0.05) is 13.0 Å². The molecule has 0 unspecified atom stereocenters. The molecule has 1 aromatic heterocycles. The van der Waals surface area contributed by atoms with Crippen molar-refractivity contribution in [1.29, 1.82) is 0 Å². The third kappa shape index (κ3) is 2.93. The number of nitrogens with zero attached hydrogens (tertiary/aromatic N) is 3. The van der Waals surface area contributed by atoms with Gasteiger partial charge in [-0.15, -0.1) is 5.10 Å². The summed E-state index contributed by atoms with van der Waals surface area (Å²) in [6, 6.07) is 0. The van der Waals surface area contributed by atoms with Crippen LogP contribution in [0.5, 0.6) is 0 Å². The van der Waals surface area contributed by atoms with E-state index in [-0.39, 0.29) is 4.73 Å². The van der Waals surface area contributed by atoms with E-state index in [1.165, 1.54) is 0 Å². The molecular formula is C7H5BrF7N3. The van der Waals surface area contributed by atoms with Crippen LogP contribution in [-0.2, 0) is 6.54 Å². The Morgan fingerprint density at radius 1 is 1.11 bits per heavy atom. The van der Waals surface area contributed by atoms with Crippen molar-refractivity contribution in [3.8, 4) is 0 Å². The molecule has 0 aliphatic carbocycles. The summed E-state index contributed by atoms with van der Waals surface area (Å²) < 4.78 is 86.8. The number of halogens is 8. The fourth-order valence-corrected chi connectivity index (χ4v) is 1.29. The fraction of sp³-hybridized carbons (Fsp3) is 0.714. The molecule has 0 N–H and O–H groups in total. The van der Waals surface area contributed by atoms with Crippen LogP contribution in [0.3, 0.4) is 0 Å². The zero-order chi connectivity index (χ0) is 14.2. The molecule has 1 heterocycles.